The molecule has 2 aromatic carbocycles. The van der Waals surface area contributed by atoms with Crippen molar-refractivity contribution < 1.29 is 13.2 Å². The molecule has 2 aromatic rings. The fourth-order valence-electron chi connectivity index (χ4n) is 3.99. The average Bonchev–Trinajstić information content (AvgIpc) is 3.06. The first-order valence-corrected chi connectivity index (χ1v) is 11.2. The van der Waals surface area contributed by atoms with Crippen LogP contribution in [0.2, 0.25) is 5.02 Å². The molecule has 2 fully saturated rings. The summed E-state index contributed by atoms with van der Waals surface area (Å²) in [5.41, 5.74) is 2.82. The molecule has 0 spiro atoms. The summed E-state index contributed by atoms with van der Waals surface area (Å²) in [6.07, 6.45) is 0.912. The minimum absolute atomic E-state index is 0.00494. The van der Waals surface area contributed by atoms with Crippen molar-refractivity contribution in [2.45, 2.75) is 32.0 Å². The number of halogens is 1. The van der Waals surface area contributed by atoms with Crippen LogP contribution >= 0.6 is 11.6 Å². The summed E-state index contributed by atoms with van der Waals surface area (Å²) in [4.78, 5) is 16.5. The third-order valence-electron chi connectivity index (χ3n) is 5.34. The third kappa shape index (κ3) is 3.44. The van der Waals surface area contributed by atoms with Gasteiger partial charge in [0.25, 0.3) is 0 Å². The van der Waals surface area contributed by atoms with E-state index < -0.39 is 9.84 Å². The molecule has 2 saturated heterocycles. The largest absolute Gasteiger partial charge is 0.325 e. The number of fused-ring (bicyclic) bond motifs is 1. The highest BCUT2D eigenvalue weighted by atomic mass is 35.5. The third-order valence-corrected chi connectivity index (χ3v) is 7.28. The van der Waals surface area contributed by atoms with Gasteiger partial charge in [-0.15, -0.1) is 0 Å². The molecule has 0 N–H and O–H groups in total. The van der Waals surface area contributed by atoms with Crippen molar-refractivity contribution in [3.8, 4) is 0 Å². The Morgan fingerprint density at radius 1 is 1.04 bits per heavy atom. The standard InChI is InChI=1S/C20H21ClN2O3S/c1-2-14-6-8-17(9-7-14)23-19-13-27(25,26)12-18(19)22(20(23)24)11-15-4-3-5-16(21)10-15/h3-10,18-19H,2,11-13H2,1H3/t18-,19+/m1/s1. The Labute approximate surface area is 164 Å². The van der Waals surface area contributed by atoms with E-state index in [0.29, 0.717) is 11.6 Å². The molecule has 0 radical (unpaired) electrons. The van der Waals surface area contributed by atoms with Crippen LogP contribution in [0.3, 0.4) is 0 Å². The lowest BCUT2D eigenvalue weighted by Crippen LogP contribution is -2.37. The van der Waals surface area contributed by atoms with Crippen LogP contribution in [0.25, 0.3) is 0 Å². The zero-order chi connectivity index (χ0) is 19.2. The predicted octanol–water partition coefficient (Wildman–Crippen LogP) is 3.51. The zero-order valence-electron chi connectivity index (χ0n) is 15.0. The van der Waals surface area contributed by atoms with Crippen molar-refractivity contribution in [3.63, 3.8) is 0 Å². The number of hydrogen-bond donors (Lipinski definition) is 0. The number of hydrogen-bond acceptors (Lipinski definition) is 3. The smallest absolute Gasteiger partial charge is 0.314 e. The van der Waals surface area contributed by atoms with E-state index in [1.54, 1.807) is 15.9 Å². The molecule has 0 aliphatic carbocycles. The van der Waals surface area contributed by atoms with E-state index in [9.17, 15) is 13.2 Å². The van der Waals surface area contributed by atoms with Gasteiger partial charge >= 0.3 is 6.03 Å². The molecule has 2 heterocycles. The number of aryl methyl sites for hydroxylation is 1. The normalized spacial score (nSPS) is 23.7. The molecule has 0 saturated carbocycles. The van der Waals surface area contributed by atoms with Gasteiger partial charge in [-0.2, -0.15) is 0 Å². The van der Waals surface area contributed by atoms with E-state index in [1.165, 1.54) is 5.56 Å². The Balaban J connectivity index is 1.69. The molecule has 142 valence electrons. The predicted molar refractivity (Wildman–Crippen MR) is 107 cm³/mol. The first kappa shape index (κ1) is 18.3. The maximum atomic E-state index is 13.2. The molecule has 4 rings (SSSR count). The van der Waals surface area contributed by atoms with E-state index in [-0.39, 0.29) is 29.6 Å². The monoisotopic (exact) mass is 404 g/mol. The summed E-state index contributed by atoms with van der Waals surface area (Å²) in [5.74, 6) is 0.0124. The molecule has 27 heavy (non-hydrogen) atoms. The van der Waals surface area contributed by atoms with E-state index in [1.807, 2.05) is 42.5 Å². The highest BCUT2D eigenvalue weighted by Crippen LogP contribution is 2.36. The second-order valence-electron chi connectivity index (χ2n) is 7.14. The van der Waals surface area contributed by atoms with E-state index in [0.717, 1.165) is 17.7 Å². The Morgan fingerprint density at radius 2 is 1.74 bits per heavy atom. The van der Waals surface area contributed by atoms with Crippen LogP contribution in [0.15, 0.2) is 48.5 Å². The van der Waals surface area contributed by atoms with Crippen LogP contribution in [-0.2, 0) is 22.8 Å². The minimum atomic E-state index is -3.18. The summed E-state index contributed by atoms with van der Waals surface area (Å²) >= 11 is 6.07. The van der Waals surface area contributed by atoms with Crippen molar-refractivity contribution in [1.29, 1.82) is 0 Å². The lowest BCUT2D eigenvalue weighted by atomic mass is 10.1. The molecule has 0 unspecified atom stereocenters. The summed E-state index contributed by atoms with van der Waals surface area (Å²) < 4.78 is 24.6. The molecule has 2 aliphatic heterocycles. The lowest BCUT2D eigenvalue weighted by Gasteiger charge is -2.23. The van der Waals surface area contributed by atoms with Gasteiger partial charge in [-0.3, -0.25) is 4.90 Å². The van der Waals surface area contributed by atoms with Crippen molar-refractivity contribution in [2.24, 2.45) is 0 Å². The van der Waals surface area contributed by atoms with Gasteiger partial charge in [0, 0.05) is 17.3 Å². The lowest BCUT2D eigenvalue weighted by molar-refractivity contribution is 0.206. The van der Waals surface area contributed by atoms with Crippen LogP contribution in [-0.4, -0.2) is 42.9 Å². The first-order valence-electron chi connectivity index (χ1n) is 9.01. The minimum Gasteiger partial charge on any atom is -0.314 e. The number of sulfone groups is 1. The number of carbonyl (C=O) groups is 1. The van der Waals surface area contributed by atoms with Gasteiger partial charge in [0.2, 0.25) is 0 Å². The molecule has 5 nitrogen and oxygen atoms in total. The summed E-state index contributed by atoms with van der Waals surface area (Å²) in [6.45, 7) is 2.42. The quantitative estimate of drug-likeness (QED) is 0.732. The van der Waals surface area contributed by atoms with Crippen LogP contribution in [0.1, 0.15) is 18.1 Å². The Bertz CT molecular complexity index is 975. The summed E-state index contributed by atoms with van der Waals surface area (Å²) in [6, 6.07) is 14.3. The number of benzene rings is 2. The van der Waals surface area contributed by atoms with Crippen LogP contribution < -0.4 is 4.90 Å². The number of rotatable bonds is 4. The first-order chi connectivity index (χ1) is 12.9. The number of amides is 2. The summed E-state index contributed by atoms with van der Waals surface area (Å²) in [5, 5.41) is 0.599. The van der Waals surface area contributed by atoms with Gasteiger partial charge in [0.1, 0.15) is 0 Å². The molecule has 0 bridgehead atoms. The summed E-state index contributed by atoms with van der Waals surface area (Å²) in [7, 11) is -3.18. The SMILES string of the molecule is CCc1ccc(N2C(=O)N(Cc3cccc(Cl)c3)[C@@H]3CS(=O)(=O)C[C@@H]32)cc1. The number of carbonyl (C=O) groups excluding carboxylic acids is 1. The number of urea groups is 1. The van der Waals surface area contributed by atoms with E-state index in [2.05, 4.69) is 6.92 Å². The van der Waals surface area contributed by atoms with Crippen LogP contribution in [0.5, 0.6) is 0 Å². The van der Waals surface area contributed by atoms with Gasteiger partial charge in [-0.05, 0) is 41.8 Å². The molecule has 7 heteroatoms. The highest BCUT2D eigenvalue weighted by Gasteiger charge is 2.53. The second-order valence-corrected chi connectivity index (χ2v) is 9.73. The molecule has 0 aromatic heterocycles. The molecule has 2 aliphatic rings. The van der Waals surface area contributed by atoms with Crippen molar-refractivity contribution >= 4 is 33.2 Å². The van der Waals surface area contributed by atoms with Gasteiger partial charge in [-0.1, -0.05) is 42.8 Å². The van der Waals surface area contributed by atoms with Gasteiger partial charge < -0.3 is 4.90 Å². The molecular weight excluding hydrogens is 384 g/mol. The van der Waals surface area contributed by atoms with Gasteiger partial charge in [0.05, 0.1) is 23.6 Å². The van der Waals surface area contributed by atoms with E-state index in [4.69, 9.17) is 11.6 Å². The molecular formula is C20H21ClN2O3S. The highest BCUT2D eigenvalue weighted by molar-refractivity contribution is 7.91. The van der Waals surface area contributed by atoms with Gasteiger partial charge in [-0.25, -0.2) is 13.2 Å². The Hall–Kier alpha value is -2.05. The van der Waals surface area contributed by atoms with E-state index >= 15 is 0 Å². The maximum Gasteiger partial charge on any atom is 0.325 e. The Kier molecular flexibility index (Phi) is 4.64. The second kappa shape index (κ2) is 6.84. The van der Waals surface area contributed by atoms with Crippen molar-refractivity contribution in [3.05, 3.63) is 64.7 Å². The zero-order valence-corrected chi connectivity index (χ0v) is 16.6. The molecule has 2 amide bonds. The fourth-order valence-corrected chi connectivity index (χ4v) is 6.15. The van der Waals surface area contributed by atoms with Crippen LogP contribution in [0.4, 0.5) is 10.5 Å². The number of nitrogens with zero attached hydrogens (tertiary/aromatic N) is 2. The van der Waals surface area contributed by atoms with Gasteiger partial charge in [0.15, 0.2) is 9.84 Å². The van der Waals surface area contributed by atoms with Crippen molar-refractivity contribution in [2.75, 3.05) is 16.4 Å². The molecule has 2 atom stereocenters. The van der Waals surface area contributed by atoms with Crippen LogP contribution in [0, 0.1) is 0 Å². The Morgan fingerprint density at radius 3 is 2.41 bits per heavy atom. The average molecular weight is 405 g/mol. The maximum absolute atomic E-state index is 13.2. The van der Waals surface area contributed by atoms with Crippen molar-refractivity contribution in [1.82, 2.24) is 4.90 Å². The topological polar surface area (TPSA) is 57.7 Å². The number of anilines is 1. The fraction of sp³-hybridized carbons (Fsp3) is 0.350.